The second-order valence-electron chi connectivity index (χ2n) is 9.26. The molecular formula is C18H26F2N4OS. The van der Waals surface area contributed by atoms with Crippen molar-refractivity contribution in [3.05, 3.63) is 5.82 Å². The van der Waals surface area contributed by atoms with E-state index in [1.807, 2.05) is 6.92 Å². The zero-order valence-corrected chi connectivity index (χ0v) is 16.3. The number of alkyl halides is 2. The third-order valence-electron chi connectivity index (χ3n) is 6.45. The quantitative estimate of drug-likeness (QED) is 0.765. The molecule has 0 saturated heterocycles. The van der Waals surface area contributed by atoms with Crippen molar-refractivity contribution in [3.8, 4) is 0 Å². The standard InChI is InChI=1S/C18H26F2N4OS/c1-4-26-15-22-21-13(12(19)20)24(15)23-14(25)18-7-11-5-16(2,9-18)8-17(3,6-11)10-18/h11-12H,4-10H2,1-3H3,(H,23,25)/t11?,16-,17-,18?/m1/s1. The Morgan fingerprint density at radius 2 is 1.88 bits per heavy atom. The molecule has 144 valence electrons. The van der Waals surface area contributed by atoms with Gasteiger partial charge >= 0.3 is 0 Å². The maximum atomic E-state index is 13.3. The van der Waals surface area contributed by atoms with Crippen LogP contribution in [-0.2, 0) is 4.79 Å². The molecule has 26 heavy (non-hydrogen) atoms. The van der Waals surface area contributed by atoms with Crippen LogP contribution in [0.1, 0.15) is 71.5 Å². The van der Waals surface area contributed by atoms with Crippen molar-refractivity contribution in [2.75, 3.05) is 11.2 Å². The van der Waals surface area contributed by atoms with Crippen molar-refractivity contribution in [1.82, 2.24) is 14.9 Å². The monoisotopic (exact) mass is 384 g/mol. The Kier molecular flexibility index (Phi) is 4.13. The van der Waals surface area contributed by atoms with Crippen molar-refractivity contribution < 1.29 is 13.6 Å². The summed E-state index contributed by atoms with van der Waals surface area (Å²) < 4.78 is 27.8. The van der Waals surface area contributed by atoms with Crippen LogP contribution in [-0.4, -0.2) is 26.5 Å². The molecule has 2 atom stereocenters. The summed E-state index contributed by atoms with van der Waals surface area (Å²) in [6.07, 6.45) is 3.32. The number of carbonyl (C=O) groups excluding carboxylic acids is 1. The molecule has 4 bridgehead atoms. The molecule has 4 fully saturated rings. The number of nitrogens with zero attached hydrogens (tertiary/aromatic N) is 3. The molecule has 0 spiro atoms. The van der Waals surface area contributed by atoms with Gasteiger partial charge in [0.05, 0.1) is 5.41 Å². The smallest absolute Gasteiger partial charge is 0.273 e. The molecule has 5 rings (SSSR count). The van der Waals surface area contributed by atoms with E-state index in [2.05, 4.69) is 29.5 Å². The zero-order chi connectivity index (χ0) is 18.7. The van der Waals surface area contributed by atoms with Gasteiger partial charge in [0.25, 0.3) is 6.43 Å². The van der Waals surface area contributed by atoms with Gasteiger partial charge in [0.2, 0.25) is 16.9 Å². The van der Waals surface area contributed by atoms with Gasteiger partial charge in [-0.1, -0.05) is 32.5 Å². The molecule has 5 nitrogen and oxygen atoms in total. The molecule has 1 aromatic rings. The molecule has 1 amide bonds. The highest BCUT2D eigenvalue weighted by Gasteiger charge is 2.62. The first kappa shape index (κ1) is 18.2. The summed E-state index contributed by atoms with van der Waals surface area (Å²) in [6.45, 7) is 6.49. The number of thioether (sulfide) groups is 1. The SMILES string of the molecule is CCSc1nnc(C(F)F)n1NC(=O)C12CC3C[C@@](C)(C1)C[C@@](C)(C3)C2. The van der Waals surface area contributed by atoms with Crippen molar-refractivity contribution in [1.29, 1.82) is 0 Å². The lowest BCUT2D eigenvalue weighted by atomic mass is 9.40. The van der Waals surface area contributed by atoms with Gasteiger partial charge in [0.1, 0.15) is 0 Å². The molecule has 1 N–H and O–H groups in total. The first-order chi connectivity index (χ1) is 12.2. The van der Waals surface area contributed by atoms with Crippen LogP contribution in [0.25, 0.3) is 0 Å². The van der Waals surface area contributed by atoms with E-state index in [9.17, 15) is 13.6 Å². The summed E-state index contributed by atoms with van der Waals surface area (Å²) in [4.78, 5) is 13.3. The lowest BCUT2D eigenvalue weighted by Crippen LogP contribution is -2.59. The lowest BCUT2D eigenvalue weighted by Gasteiger charge is -2.64. The predicted octanol–water partition coefficient (Wildman–Crippen LogP) is 4.39. The molecule has 4 aliphatic rings. The number of hydrogen-bond acceptors (Lipinski definition) is 4. The van der Waals surface area contributed by atoms with Crippen LogP contribution >= 0.6 is 11.8 Å². The molecule has 0 aliphatic heterocycles. The third-order valence-corrected chi connectivity index (χ3v) is 7.26. The summed E-state index contributed by atoms with van der Waals surface area (Å²) in [5.41, 5.74) is 2.68. The van der Waals surface area contributed by atoms with Gasteiger partial charge < -0.3 is 0 Å². The molecule has 1 heterocycles. The first-order valence-electron chi connectivity index (χ1n) is 9.35. The summed E-state index contributed by atoms with van der Waals surface area (Å²) in [6, 6.07) is 0. The number of carbonyl (C=O) groups is 1. The topological polar surface area (TPSA) is 59.8 Å². The Balaban J connectivity index is 1.64. The zero-order valence-electron chi connectivity index (χ0n) is 15.5. The van der Waals surface area contributed by atoms with Crippen molar-refractivity contribution in [2.24, 2.45) is 22.2 Å². The van der Waals surface area contributed by atoms with Gasteiger partial charge in [-0.15, -0.1) is 10.2 Å². The number of hydrogen-bond donors (Lipinski definition) is 1. The van der Waals surface area contributed by atoms with Crippen molar-refractivity contribution >= 4 is 17.7 Å². The molecule has 4 saturated carbocycles. The van der Waals surface area contributed by atoms with Crippen LogP contribution in [0, 0.1) is 22.2 Å². The van der Waals surface area contributed by atoms with Crippen LogP contribution in [0.4, 0.5) is 8.78 Å². The fraction of sp³-hybridized carbons (Fsp3) is 0.833. The average molecular weight is 384 g/mol. The van der Waals surface area contributed by atoms with Gasteiger partial charge in [-0.25, -0.2) is 13.5 Å². The number of rotatable bonds is 5. The van der Waals surface area contributed by atoms with E-state index in [1.54, 1.807) is 0 Å². The Bertz CT molecular complexity index is 719. The first-order valence-corrected chi connectivity index (χ1v) is 10.3. The minimum absolute atomic E-state index is 0.140. The second-order valence-corrected chi connectivity index (χ2v) is 10.5. The Morgan fingerprint density at radius 3 is 2.42 bits per heavy atom. The van der Waals surface area contributed by atoms with E-state index in [0.717, 1.165) is 30.4 Å². The molecule has 0 aromatic carbocycles. The molecule has 8 heteroatoms. The maximum Gasteiger partial charge on any atom is 0.299 e. The van der Waals surface area contributed by atoms with Gasteiger partial charge in [0.15, 0.2) is 0 Å². The van der Waals surface area contributed by atoms with Crippen LogP contribution < -0.4 is 5.43 Å². The summed E-state index contributed by atoms with van der Waals surface area (Å²) in [5.74, 6) is 0.600. The fourth-order valence-corrected chi connectivity index (χ4v) is 7.30. The Hall–Kier alpha value is -1.18. The molecule has 4 aliphatic carbocycles. The summed E-state index contributed by atoms with van der Waals surface area (Å²) >= 11 is 1.30. The van der Waals surface area contributed by atoms with Crippen LogP contribution in [0.5, 0.6) is 0 Å². The molecular weight excluding hydrogens is 358 g/mol. The molecule has 0 radical (unpaired) electrons. The number of nitrogens with one attached hydrogen (secondary N) is 1. The molecule has 1 aromatic heterocycles. The number of halogens is 2. The highest BCUT2D eigenvalue weighted by molar-refractivity contribution is 7.99. The van der Waals surface area contributed by atoms with Gasteiger partial charge in [-0.3, -0.25) is 10.2 Å². The maximum absolute atomic E-state index is 13.3. The highest BCUT2D eigenvalue weighted by atomic mass is 32.2. The van der Waals surface area contributed by atoms with Crippen molar-refractivity contribution in [3.63, 3.8) is 0 Å². The molecule has 0 unspecified atom stereocenters. The largest absolute Gasteiger partial charge is 0.299 e. The van der Waals surface area contributed by atoms with Crippen LogP contribution in [0.2, 0.25) is 0 Å². The summed E-state index contributed by atoms with van der Waals surface area (Å²) in [5, 5.41) is 7.74. The second kappa shape index (κ2) is 5.91. The van der Waals surface area contributed by atoms with E-state index < -0.39 is 17.7 Å². The predicted molar refractivity (Wildman–Crippen MR) is 95.6 cm³/mol. The Labute approximate surface area is 156 Å². The fourth-order valence-electron chi connectivity index (χ4n) is 6.67. The normalized spacial score (nSPS) is 38.2. The van der Waals surface area contributed by atoms with Gasteiger partial charge in [-0.05, 0) is 61.0 Å². The van der Waals surface area contributed by atoms with E-state index >= 15 is 0 Å². The van der Waals surface area contributed by atoms with E-state index in [1.165, 1.54) is 24.6 Å². The number of aromatic nitrogens is 3. The highest BCUT2D eigenvalue weighted by Crippen LogP contribution is 2.69. The van der Waals surface area contributed by atoms with E-state index in [4.69, 9.17) is 0 Å². The van der Waals surface area contributed by atoms with Gasteiger partial charge in [-0.2, -0.15) is 0 Å². The van der Waals surface area contributed by atoms with Crippen LogP contribution in [0.15, 0.2) is 5.16 Å². The average Bonchev–Trinajstić information content (AvgIpc) is 2.87. The van der Waals surface area contributed by atoms with E-state index in [0.29, 0.717) is 16.8 Å². The lowest BCUT2D eigenvalue weighted by molar-refractivity contribution is -0.166. The van der Waals surface area contributed by atoms with Crippen LogP contribution in [0.3, 0.4) is 0 Å². The summed E-state index contributed by atoms with van der Waals surface area (Å²) in [7, 11) is 0. The third kappa shape index (κ3) is 2.84. The minimum Gasteiger partial charge on any atom is -0.273 e. The van der Waals surface area contributed by atoms with Gasteiger partial charge in [0, 0.05) is 0 Å². The van der Waals surface area contributed by atoms with E-state index in [-0.39, 0.29) is 16.7 Å². The minimum atomic E-state index is -2.78. The number of amides is 1. The Morgan fingerprint density at radius 1 is 1.23 bits per heavy atom. The van der Waals surface area contributed by atoms with Crippen molar-refractivity contribution in [2.45, 2.75) is 70.9 Å².